The van der Waals surface area contributed by atoms with Crippen LogP contribution in [0.3, 0.4) is 0 Å². The topological polar surface area (TPSA) is 30.5 Å². The Kier molecular flexibility index (Phi) is 4.56. The lowest BCUT2D eigenvalue weighted by atomic mass is 10.1. The number of hydrogen-bond donors (Lipinski definition) is 1. The highest BCUT2D eigenvalue weighted by Crippen LogP contribution is 2.34. The summed E-state index contributed by atoms with van der Waals surface area (Å²) in [7, 11) is 3.29. The van der Waals surface area contributed by atoms with Crippen molar-refractivity contribution in [3.05, 3.63) is 17.7 Å². The smallest absolute Gasteiger partial charge is 0.148 e. The van der Waals surface area contributed by atoms with Gasteiger partial charge in [0.1, 0.15) is 11.5 Å². The van der Waals surface area contributed by atoms with Gasteiger partial charge in [-0.1, -0.05) is 0 Å². The van der Waals surface area contributed by atoms with Gasteiger partial charge in [0.15, 0.2) is 0 Å². The minimum absolute atomic E-state index is 0.564. The standard InChI is InChI=1S/C11H16ClNO2/c1-8-10(14-2)5-4-9(11(8)15-3)13-7-6-12/h4-5,13H,6-7H2,1-3H3. The fraction of sp³-hybridized carbons (Fsp3) is 0.455. The van der Waals surface area contributed by atoms with Gasteiger partial charge in [0.2, 0.25) is 0 Å². The third-order valence-electron chi connectivity index (χ3n) is 2.19. The van der Waals surface area contributed by atoms with Crippen molar-refractivity contribution in [3.63, 3.8) is 0 Å². The van der Waals surface area contributed by atoms with Gasteiger partial charge >= 0.3 is 0 Å². The molecule has 0 atom stereocenters. The zero-order valence-corrected chi connectivity index (χ0v) is 10.0. The summed E-state index contributed by atoms with van der Waals surface area (Å²) in [6, 6.07) is 3.84. The lowest BCUT2D eigenvalue weighted by Gasteiger charge is -2.15. The number of halogens is 1. The molecule has 1 N–H and O–H groups in total. The number of rotatable bonds is 5. The fourth-order valence-corrected chi connectivity index (χ4v) is 1.57. The Balaban J connectivity index is 3.01. The molecular formula is C11H16ClNO2. The second-order valence-corrected chi connectivity index (χ2v) is 3.47. The van der Waals surface area contributed by atoms with Crippen molar-refractivity contribution in [1.29, 1.82) is 0 Å². The predicted molar refractivity (Wildman–Crippen MR) is 63.5 cm³/mol. The van der Waals surface area contributed by atoms with Crippen molar-refractivity contribution in [3.8, 4) is 11.5 Å². The molecule has 15 heavy (non-hydrogen) atoms. The summed E-state index contributed by atoms with van der Waals surface area (Å²) in [6.45, 7) is 2.67. The number of ether oxygens (including phenoxy) is 2. The first-order chi connectivity index (χ1) is 7.24. The minimum Gasteiger partial charge on any atom is -0.496 e. The van der Waals surface area contributed by atoms with Gasteiger partial charge in [-0.3, -0.25) is 0 Å². The van der Waals surface area contributed by atoms with E-state index >= 15 is 0 Å². The normalized spacial score (nSPS) is 9.87. The summed E-state index contributed by atoms with van der Waals surface area (Å²) < 4.78 is 10.5. The van der Waals surface area contributed by atoms with Gasteiger partial charge in [-0.25, -0.2) is 0 Å². The molecule has 0 aromatic heterocycles. The van der Waals surface area contributed by atoms with Crippen LogP contribution >= 0.6 is 11.6 Å². The van der Waals surface area contributed by atoms with Gasteiger partial charge in [-0.15, -0.1) is 11.6 Å². The number of benzene rings is 1. The first-order valence-electron chi connectivity index (χ1n) is 4.76. The van der Waals surface area contributed by atoms with Crippen LogP contribution in [0, 0.1) is 6.92 Å². The van der Waals surface area contributed by atoms with Gasteiger partial charge in [-0.05, 0) is 19.1 Å². The van der Waals surface area contributed by atoms with Gasteiger partial charge < -0.3 is 14.8 Å². The zero-order chi connectivity index (χ0) is 11.3. The number of hydrogen-bond acceptors (Lipinski definition) is 3. The van der Waals surface area contributed by atoms with Crippen LogP contribution in [0.15, 0.2) is 12.1 Å². The second-order valence-electron chi connectivity index (χ2n) is 3.09. The molecule has 0 saturated carbocycles. The molecule has 0 aliphatic carbocycles. The molecule has 0 aliphatic heterocycles. The molecule has 0 bridgehead atoms. The summed E-state index contributed by atoms with van der Waals surface area (Å²) >= 11 is 5.62. The van der Waals surface area contributed by atoms with E-state index in [4.69, 9.17) is 21.1 Å². The van der Waals surface area contributed by atoms with Crippen LogP contribution in [0.25, 0.3) is 0 Å². The average molecular weight is 230 g/mol. The largest absolute Gasteiger partial charge is 0.496 e. The number of methoxy groups -OCH3 is 2. The fourth-order valence-electron chi connectivity index (χ4n) is 1.48. The molecular weight excluding hydrogens is 214 g/mol. The SMILES string of the molecule is COc1ccc(NCCCl)c(OC)c1C. The molecule has 0 amide bonds. The van der Waals surface area contributed by atoms with Gasteiger partial charge in [0.25, 0.3) is 0 Å². The lowest BCUT2D eigenvalue weighted by Crippen LogP contribution is -2.05. The maximum atomic E-state index is 5.62. The van der Waals surface area contributed by atoms with E-state index in [1.54, 1.807) is 14.2 Å². The van der Waals surface area contributed by atoms with Gasteiger partial charge in [0.05, 0.1) is 19.9 Å². The first kappa shape index (κ1) is 12.0. The van der Waals surface area contributed by atoms with E-state index in [9.17, 15) is 0 Å². The van der Waals surface area contributed by atoms with E-state index in [0.29, 0.717) is 12.4 Å². The maximum Gasteiger partial charge on any atom is 0.148 e. The van der Waals surface area contributed by atoms with Crippen LogP contribution in [-0.2, 0) is 0 Å². The molecule has 0 unspecified atom stereocenters. The van der Waals surface area contributed by atoms with Crippen molar-refractivity contribution in [2.45, 2.75) is 6.92 Å². The molecule has 0 fully saturated rings. The third-order valence-corrected chi connectivity index (χ3v) is 2.38. The Morgan fingerprint density at radius 3 is 2.53 bits per heavy atom. The third kappa shape index (κ3) is 2.69. The number of anilines is 1. The Hall–Kier alpha value is -1.09. The monoisotopic (exact) mass is 229 g/mol. The van der Waals surface area contributed by atoms with Crippen LogP contribution in [0.2, 0.25) is 0 Å². The second kappa shape index (κ2) is 5.71. The quantitative estimate of drug-likeness (QED) is 0.788. The molecule has 0 spiro atoms. The average Bonchev–Trinajstić information content (AvgIpc) is 2.26. The minimum atomic E-state index is 0.564. The Morgan fingerprint density at radius 2 is 2.00 bits per heavy atom. The highest BCUT2D eigenvalue weighted by molar-refractivity contribution is 6.18. The lowest BCUT2D eigenvalue weighted by molar-refractivity contribution is 0.390. The van der Waals surface area contributed by atoms with Crippen LogP contribution in [0.5, 0.6) is 11.5 Å². The molecule has 0 heterocycles. The molecule has 0 radical (unpaired) electrons. The highest BCUT2D eigenvalue weighted by atomic mass is 35.5. The predicted octanol–water partition coefficient (Wildman–Crippen LogP) is 2.66. The Morgan fingerprint density at radius 1 is 1.27 bits per heavy atom. The van der Waals surface area contributed by atoms with Gasteiger partial charge in [0, 0.05) is 18.0 Å². The molecule has 0 aliphatic rings. The molecule has 1 aromatic carbocycles. The van der Waals surface area contributed by atoms with E-state index in [0.717, 1.165) is 22.7 Å². The summed E-state index contributed by atoms with van der Waals surface area (Å²) in [4.78, 5) is 0. The van der Waals surface area contributed by atoms with E-state index in [1.165, 1.54) is 0 Å². The first-order valence-corrected chi connectivity index (χ1v) is 5.29. The van der Waals surface area contributed by atoms with Crippen LogP contribution < -0.4 is 14.8 Å². The van der Waals surface area contributed by atoms with Gasteiger partial charge in [-0.2, -0.15) is 0 Å². The zero-order valence-electron chi connectivity index (χ0n) is 9.26. The van der Waals surface area contributed by atoms with E-state index < -0.39 is 0 Å². The summed E-state index contributed by atoms with van der Waals surface area (Å²) in [5, 5.41) is 3.19. The molecule has 3 nitrogen and oxygen atoms in total. The van der Waals surface area contributed by atoms with Crippen LogP contribution in [0.1, 0.15) is 5.56 Å². The van der Waals surface area contributed by atoms with Crippen LogP contribution in [0.4, 0.5) is 5.69 Å². The number of nitrogens with one attached hydrogen (secondary N) is 1. The highest BCUT2D eigenvalue weighted by Gasteiger charge is 2.10. The molecule has 0 saturated heterocycles. The van der Waals surface area contributed by atoms with Crippen molar-refractivity contribution in [1.82, 2.24) is 0 Å². The summed E-state index contributed by atoms with van der Waals surface area (Å²) in [5.74, 6) is 2.19. The molecule has 84 valence electrons. The Bertz CT molecular complexity index is 329. The van der Waals surface area contributed by atoms with Crippen LogP contribution in [-0.4, -0.2) is 26.6 Å². The summed E-state index contributed by atoms with van der Waals surface area (Å²) in [6.07, 6.45) is 0. The summed E-state index contributed by atoms with van der Waals surface area (Å²) in [5.41, 5.74) is 1.93. The molecule has 4 heteroatoms. The van der Waals surface area contributed by atoms with Crippen molar-refractivity contribution in [2.24, 2.45) is 0 Å². The van der Waals surface area contributed by atoms with E-state index in [2.05, 4.69) is 5.32 Å². The maximum absolute atomic E-state index is 5.62. The van der Waals surface area contributed by atoms with Crippen molar-refractivity contribution in [2.75, 3.05) is 32.0 Å². The Labute approximate surface area is 95.3 Å². The molecule has 1 aromatic rings. The van der Waals surface area contributed by atoms with E-state index in [1.807, 2.05) is 19.1 Å². The molecule has 1 rings (SSSR count). The van der Waals surface area contributed by atoms with Crippen molar-refractivity contribution < 1.29 is 9.47 Å². The van der Waals surface area contributed by atoms with E-state index in [-0.39, 0.29) is 0 Å². The van der Waals surface area contributed by atoms with Crippen molar-refractivity contribution >= 4 is 17.3 Å². The number of alkyl halides is 1.